The van der Waals surface area contributed by atoms with E-state index < -0.39 is 0 Å². The summed E-state index contributed by atoms with van der Waals surface area (Å²) < 4.78 is 41.2. The number of hydrogen-bond donors (Lipinski definition) is 0. The van der Waals surface area contributed by atoms with Crippen LogP contribution in [0.15, 0.2) is 36.4 Å². The van der Waals surface area contributed by atoms with Gasteiger partial charge >= 0.3 is 0 Å². The SMILES string of the molecule is CCCCCCCCCOc1cc2c3cc(OCCCCCCCCC)c(OCCCCCCCCC)cc3c3cc(OCCCCCCCCC)c(OCCCCCCCCC)cc3c2cc1OCCCCCCCCC. The highest BCUT2D eigenvalue weighted by Crippen LogP contribution is 2.47. The molecule has 444 valence electrons. The van der Waals surface area contributed by atoms with Crippen molar-refractivity contribution >= 4 is 32.3 Å². The molecule has 0 aliphatic heterocycles. The van der Waals surface area contributed by atoms with Crippen molar-refractivity contribution in [3.8, 4) is 34.5 Å². The van der Waals surface area contributed by atoms with Gasteiger partial charge in [0.1, 0.15) is 0 Å². The molecule has 4 rings (SSSR count). The summed E-state index contributed by atoms with van der Waals surface area (Å²) >= 11 is 0. The summed E-state index contributed by atoms with van der Waals surface area (Å²) in [5.74, 6) is 5.04. The van der Waals surface area contributed by atoms with E-state index >= 15 is 0 Å². The van der Waals surface area contributed by atoms with E-state index in [9.17, 15) is 0 Å². The van der Waals surface area contributed by atoms with Gasteiger partial charge in [0.15, 0.2) is 34.5 Å². The molecule has 6 heteroatoms. The molecular weight excluding hydrogens is 961 g/mol. The van der Waals surface area contributed by atoms with Gasteiger partial charge in [-0.05, 0) is 107 Å². The maximum Gasteiger partial charge on any atom is 0.161 e. The van der Waals surface area contributed by atoms with Crippen LogP contribution < -0.4 is 28.4 Å². The summed E-state index contributed by atoms with van der Waals surface area (Å²) in [6.07, 6.45) is 52.4. The first kappa shape index (κ1) is 67.0. The fourth-order valence-electron chi connectivity index (χ4n) is 11.1. The van der Waals surface area contributed by atoms with Crippen molar-refractivity contribution in [1.29, 1.82) is 0 Å². The molecular formula is C72H120O6. The summed E-state index contributed by atoms with van der Waals surface area (Å²) in [4.78, 5) is 0. The van der Waals surface area contributed by atoms with Crippen molar-refractivity contribution in [3.63, 3.8) is 0 Å². The summed E-state index contributed by atoms with van der Waals surface area (Å²) in [6.45, 7) is 17.8. The van der Waals surface area contributed by atoms with Gasteiger partial charge in [-0.2, -0.15) is 0 Å². The van der Waals surface area contributed by atoms with E-state index in [2.05, 4.69) is 77.9 Å². The number of rotatable bonds is 54. The lowest BCUT2D eigenvalue weighted by molar-refractivity contribution is 0.258. The van der Waals surface area contributed by atoms with Gasteiger partial charge in [0, 0.05) is 0 Å². The van der Waals surface area contributed by atoms with Crippen LogP contribution in [0.1, 0.15) is 311 Å². The topological polar surface area (TPSA) is 55.4 Å². The van der Waals surface area contributed by atoms with E-state index in [4.69, 9.17) is 28.4 Å². The number of ether oxygens (including phenoxy) is 6. The number of hydrogen-bond acceptors (Lipinski definition) is 6. The highest BCUT2D eigenvalue weighted by atomic mass is 16.5. The molecule has 0 saturated heterocycles. The molecule has 4 aromatic rings. The molecule has 0 radical (unpaired) electrons. The Balaban J connectivity index is 1.85. The van der Waals surface area contributed by atoms with E-state index in [1.54, 1.807) is 0 Å². The zero-order valence-corrected chi connectivity index (χ0v) is 51.9. The predicted octanol–water partition coefficient (Wildman–Crippen LogP) is 23.9. The fourth-order valence-corrected chi connectivity index (χ4v) is 11.1. The summed E-state index contributed by atoms with van der Waals surface area (Å²) in [6, 6.07) is 13.8. The van der Waals surface area contributed by atoms with Crippen molar-refractivity contribution in [2.45, 2.75) is 311 Å². The second kappa shape index (κ2) is 45.1. The van der Waals surface area contributed by atoms with Gasteiger partial charge in [-0.25, -0.2) is 0 Å². The highest BCUT2D eigenvalue weighted by Gasteiger charge is 2.21. The first-order valence-corrected chi connectivity index (χ1v) is 33.9. The molecule has 0 bridgehead atoms. The first-order valence-electron chi connectivity index (χ1n) is 33.9. The van der Waals surface area contributed by atoms with Gasteiger partial charge < -0.3 is 28.4 Å². The third-order valence-electron chi connectivity index (χ3n) is 16.2. The van der Waals surface area contributed by atoms with Crippen LogP contribution in [-0.2, 0) is 0 Å². The van der Waals surface area contributed by atoms with Crippen LogP contribution >= 0.6 is 0 Å². The monoisotopic (exact) mass is 1080 g/mol. The van der Waals surface area contributed by atoms with Crippen molar-refractivity contribution in [3.05, 3.63) is 36.4 Å². The molecule has 0 atom stereocenters. The zero-order chi connectivity index (χ0) is 55.4. The third-order valence-corrected chi connectivity index (χ3v) is 16.2. The molecule has 0 N–H and O–H groups in total. The molecule has 0 fully saturated rings. The second-order valence-electron chi connectivity index (χ2n) is 23.4. The van der Waals surface area contributed by atoms with Gasteiger partial charge in [0.2, 0.25) is 0 Å². The van der Waals surface area contributed by atoms with Gasteiger partial charge in [0.25, 0.3) is 0 Å². The highest BCUT2D eigenvalue weighted by molar-refractivity contribution is 6.26. The Kier molecular flexibility index (Phi) is 38.7. The molecule has 0 aromatic heterocycles. The second-order valence-corrected chi connectivity index (χ2v) is 23.4. The van der Waals surface area contributed by atoms with Gasteiger partial charge in [0.05, 0.1) is 39.6 Å². The summed E-state index contributed by atoms with van der Waals surface area (Å²) in [7, 11) is 0. The molecule has 0 unspecified atom stereocenters. The van der Waals surface area contributed by atoms with Gasteiger partial charge in [-0.1, -0.05) is 273 Å². The summed E-state index contributed by atoms with van der Waals surface area (Å²) in [5.41, 5.74) is 0. The molecule has 78 heavy (non-hydrogen) atoms. The normalized spacial score (nSPS) is 11.6. The minimum absolute atomic E-state index is 0.679. The number of fused-ring (bicyclic) bond motifs is 6. The van der Waals surface area contributed by atoms with E-state index in [1.165, 1.54) is 231 Å². The molecule has 0 aliphatic rings. The smallest absolute Gasteiger partial charge is 0.161 e. The molecule has 0 aliphatic carbocycles. The van der Waals surface area contributed by atoms with Gasteiger partial charge in [-0.15, -0.1) is 0 Å². The Morgan fingerprint density at radius 2 is 0.282 bits per heavy atom. The lowest BCUT2D eigenvalue weighted by Gasteiger charge is -2.21. The Morgan fingerprint density at radius 3 is 0.410 bits per heavy atom. The molecule has 0 heterocycles. The Morgan fingerprint density at radius 1 is 0.167 bits per heavy atom. The quantitative estimate of drug-likeness (QED) is 0.0324. The average molecular weight is 1080 g/mol. The van der Waals surface area contributed by atoms with Crippen molar-refractivity contribution in [2.75, 3.05) is 39.6 Å². The van der Waals surface area contributed by atoms with Crippen LogP contribution in [0.25, 0.3) is 32.3 Å². The van der Waals surface area contributed by atoms with Crippen molar-refractivity contribution in [1.82, 2.24) is 0 Å². The van der Waals surface area contributed by atoms with Crippen molar-refractivity contribution < 1.29 is 28.4 Å². The zero-order valence-electron chi connectivity index (χ0n) is 51.9. The van der Waals surface area contributed by atoms with E-state index in [1.807, 2.05) is 0 Å². The molecule has 0 amide bonds. The molecule has 0 saturated carbocycles. The van der Waals surface area contributed by atoms with E-state index in [0.717, 1.165) is 105 Å². The van der Waals surface area contributed by atoms with Crippen LogP contribution in [0.5, 0.6) is 34.5 Å². The first-order chi connectivity index (χ1) is 38.6. The maximum atomic E-state index is 6.86. The number of unbranched alkanes of at least 4 members (excludes halogenated alkanes) is 36. The Bertz CT molecular complexity index is 1670. The van der Waals surface area contributed by atoms with Crippen molar-refractivity contribution in [2.24, 2.45) is 0 Å². The molecule has 6 nitrogen and oxygen atoms in total. The Hall–Kier alpha value is -3.54. The van der Waals surface area contributed by atoms with E-state index in [0.29, 0.717) is 39.6 Å². The Labute approximate surface area is 480 Å². The van der Waals surface area contributed by atoms with Gasteiger partial charge in [-0.3, -0.25) is 0 Å². The fraction of sp³-hybridized carbons (Fsp3) is 0.750. The van der Waals surface area contributed by atoms with Crippen LogP contribution in [0.2, 0.25) is 0 Å². The standard InChI is InChI=1S/C72H120O6/c1-7-13-19-25-31-37-43-49-73-67-55-61-62(56-68(67)74-50-44-38-32-26-20-14-8-2)64-58-70(76-52-46-40-34-28-22-16-10-4)72(78-54-48-42-36-30-24-18-12-6)60-66(64)65-59-71(77-53-47-41-35-29-23-17-11-5)69(57-63(61)65)75-51-45-39-33-27-21-15-9-3/h55-60H,7-54H2,1-6H3. The lowest BCUT2D eigenvalue weighted by Crippen LogP contribution is -2.05. The predicted molar refractivity (Wildman–Crippen MR) is 340 cm³/mol. The largest absolute Gasteiger partial charge is 0.490 e. The maximum absolute atomic E-state index is 6.86. The average Bonchev–Trinajstić information content (AvgIpc) is 3.56. The lowest BCUT2D eigenvalue weighted by atomic mass is 9.93. The van der Waals surface area contributed by atoms with Crippen LogP contribution in [0.4, 0.5) is 0 Å². The molecule has 0 spiro atoms. The molecule has 4 aromatic carbocycles. The van der Waals surface area contributed by atoms with Crippen LogP contribution in [-0.4, -0.2) is 39.6 Å². The van der Waals surface area contributed by atoms with Crippen LogP contribution in [0, 0.1) is 0 Å². The third kappa shape index (κ3) is 27.3. The number of benzene rings is 4. The van der Waals surface area contributed by atoms with E-state index in [-0.39, 0.29) is 0 Å². The summed E-state index contributed by atoms with van der Waals surface area (Å²) in [5, 5.41) is 6.86. The minimum atomic E-state index is 0.679. The van der Waals surface area contributed by atoms with Crippen LogP contribution in [0.3, 0.4) is 0 Å². The minimum Gasteiger partial charge on any atom is -0.490 e.